The molecule has 10 heteroatoms. The fourth-order valence-electron chi connectivity index (χ4n) is 5.57. The van der Waals surface area contributed by atoms with Crippen molar-refractivity contribution in [3.63, 3.8) is 0 Å². The van der Waals surface area contributed by atoms with Crippen molar-refractivity contribution >= 4 is 35.6 Å². The lowest BCUT2D eigenvalue weighted by molar-refractivity contribution is -0.143. The number of amides is 1. The van der Waals surface area contributed by atoms with Gasteiger partial charge in [0, 0.05) is 17.4 Å². The molecule has 0 aromatic heterocycles. The molecular weight excluding hydrogens is 440 g/mol. The Morgan fingerprint density at radius 1 is 1.09 bits per heavy atom. The van der Waals surface area contributed by atoms with Crippen molar-refractivity contribution in [1.29, 1.82) is 0 Å². The summed E-state index contributed by atoms with van der Waals surface area (Å²) in [5, 5.41) is 43.3. The van der Waals surface area contributed by atoms with Crippen LogP contribution in [0, 0.1) is 17.8 Å². The number of primary amides is 1. The van der Waals surface area contributed by atoms with E-state index in [0.29, 0.717) is 5.56 Å². The number of nitrogens with zero attached hydrogens (tertiary/aromatic N) is 1. The number of Topliss-reactive ketones (excluding diaryl/α,β-unsaturated/α-hetero) is 2. The number of aromatic hydroxyl groups is 1. The number of aliphatic hydroxyl groups is 3. The van der Waals surface area contributed by atoms with Gasteiger partial charge in [0.15, 0.2) is 11.6 Å². The van der Waals surface area contributed by atoms with Crippen LogP contribution in [0.3, 0.4) is 0 Å². The van der Waals surface area contributed by atoms with E-state index in [1.807, 2.05) is 0 Å². The molecule has 1 fully saturated rings. The van der Waals surface area contributed by atoms with Crippen LogP contribution in [0.15, 0.2) is 35.1 Å². The molecule has 32 heavy (non-hydrogen) atoms. The van der Waals surface area contributed by atoms with Crippen LogP contribution in [-0.4, -0.2) is 69.0 Å². The Hall–Kier alpha value is -2.88. The Kier molecular flexibility index (Phi) is 5.88. The summed E-state index contributed by atoms with van der Waals surface area (Å²) in [7, 11) is 3.17. The predicted octanol–water partition coefficient (Wildman–Crippen LogP) is 0.803. The van der Waals surface area contributed by atoms with E-state index in [-0.39, 0.29) is 29.3 Å². The van der Waals surface area contributed by atoms with Crippen molar-refractivity contribution in [2.24, 2.45) is 23.5 Å². The molecule has 0 aliphatic heterocycles. The summed E-state index contributed by atoms with van der Waals surface area (Å²) in [5.74, 6) is -8.11. The van der Waals surface area contributed by atoms with E-state index in [2.05, 4.69) is 0 Å². The number of carbonyl (C=O) groups excluding carboxylic acids is 3. The first kappa shape index (κ1) is 23.8. The Balaban J connectivity index is 0.00000289. The van der Waals surface area contributed by atoms with Gasteiger partial charge in [0.25, 0.3) is 5.91 Å². The third-order valence-corrected chi connectivity index (χ3v) is 6.86. The number of phenolic OH excluding ortho intramolecular Hbond substituents is 1. The normalized spacial score (nSPS) is 31.7. The van der Waals surface area contributed by atoms with Crippen LogP contribution in [0.4, 0.5) is 0 Å². The molecule has 9 nitrogen and oxygen atoms in total. The molecule has 1 saturated carbocycles. The van der Waals surface area contributed by atoms with Gasteiger partial charge in [0.05, 0.1) is 23.6 Å². The van der Waals surface area contributed by atoms with E-state index in [4.69, 9.17) is 5.73 Å². The molecule has 172 valence electrons. The molecule has 0 radical (unpaired) electrons. The molecule has 6 unspecified atom stereocenters. The summed E-state index contributed by atoms with van der Waals surface area (Å²) in [6.07, 6.45) is -1.31. The van der Waals surface area contributed by atoms with Crippen LogP contribution < -0.4 is 5.73 Å². The molecule has 1 aromatic carbocycles. The number of benzene rings is 1. The topological polar surface area (TPSA) is 161 Å². The molecule has 6 atom stereocenters. The van der Waals surface area contributed by atoms with Crippen LogP contribution in [0.1, 0.15) is 24.0 Å². The number of hydrogen-bond donors (Lipinski definition) is 5. The maximum atomic E-state index is 13.6. The fourth-order valence-corrected chi connectivity index (χ4v) is 5.57. The molecular formula is C22H25ClN2O7. The van der Waals surface area contributed by atoms with E-state index < -0.39 is 70.4 Å². The number of rotatable bonds is 2. The van der Waals surface area contributed by atoms with Gasteiger partial charge >= 0.3 is 0 Å². The molecule has 0 spiro atoms. The van der Waals surface area contributed by atoms with E-state index in [1.54, 1.807) is 33.2 Å². The number of likely N-dealkylation sites (N-methyl/N-ethyl adjacent to an activating group) is 1. The molecule has 1 amide bonds. The number of nitrogens with two attached hydrogens (primary N) is 1. The first-order chi connectivity index (χ1) is 14.5. The average Bonchev–Trinajstić information content (AvgIpc) is 2.67. The second-order valence-corrected chi connectivity index (χ2v) is 8.63. The summed E-state index contributed by atoms with van der Waals surface area (Å²) in [6.45, 7) is 1.76. The first-order valence-electron chi connectivity index (χ1n) is 9.91. The second-order valence-electron chi connectivity index (χ2n) is 8.63. The van der Waals surface area contributed by atoms with Crippen LogP contribution in [0.2, 0.25) is 0 Å². The number of phenols is 1. The van der Waals surface area contributed by atoms with Gasteiger partial charge in [-0.3, -0.25) is 19.3 Å². The summed E-state index contributed by atoms with van der Waals surface area (Å²) in [6, 6.07) is 3.65. The van der Waals surface area contributed by atoms with Crippen molar-refractivity contribution in [3.05, 3.63) is 46.2 Å². The largest absolute Gasteiger partial charge is 0.510 e. The van der Waals surface area contributed by atoms with Crippen LogP contribution in [-0.2, 0) is 14.4 Å². The van der Waals surface area contributed by atoms with Crippen molar-refractivity contribution in [3.8, 4) is 5.75 Å². The van der Waals surface area contributed by atoms with Crippen LogP contribution in [0.25, 0.3) is 5.76 Å². The van der Waals surface area contributed by atoms with E-state index in [9.17, 15) is 34.8 Å². The van der Waals surface area contributed by atoms with Gasteiger partial charge in [0.2, 0.25) is 0 Å². The van der Waals surface area contributed by atoms with Crippen LogP contribution in [0.5, 0.6) is 5.75 Å². The van der Waals surface area contributed by atoms with Gasteiger partial charge in [0.1, 0.15) is 22.8 Å². The van der Waals surface area contributed by atoms with Crippen LogP contribution >= 0.6 is 12.4 Å². The number of hydrogen-bond acceptors (Lipinski definition) is 8. The van der Waals surface area contributed by atoms with Gasteiger partial charge < -0.3 is 26.2 Å². The number of fused-ring (bicyclic) bond motifs is 3. The lowest BCUT2D eigenvalue weighted by atomic mass is 9.56. The fraction of sp³-hybridized carbons (Fsp3) is 0.409. The standard InChI is InChI=1S/C22H24N2O7.ClH/c1-7-8-5-4-6-9(25)11(8)18(27)13-10(7)17(26)12-14(19(13)28)20(29)15(22(23)31)21(30)16(12)24(2)3;/h4-7,10,12,14,16-17,25-27,30H,1-3H3,(H2,23,31);1H. The average molecular weight is 465 g/mol. The zero-order valence-electron chi connectivity index (χ0n) is 17.6. The maximum absolute atomic E-state index is 13.6. The van der Waals surface area contributed by atoms with E-state index in [1.165, 1.54) is 11.0 Å². The second kappa shape index (κ2) is 7.91. The number of carbonyl (C=O) groups is 3. The Morgan fingerprint density at radius 2 is 1.72 bits per heavy atom. The molecule has 6 N–H and O–H groups in total. The predicted molar refractivity (Wildman–Crippen MR) is 116 cm³/mol. The molecule has 0 bridgehead atoms. The van der Waals surface area contributed by atoms with Gasteiger partial charge in [-0.15, -0.1) is 12.4 Å². The monoisotopic (exact) mass is 464 g/mol. The SMILES string of the molecule is CC1c2cccc(O)c2C(O)=C2C(=O)C3C(=O)C(C(N)=O)=C(O)C(N(C)C)C3C(O)C21.Cl. The Bertz CT molecular complexity index is 1090. The minimum atomic E-state index is -1.51. The molecule has 1 aromatic rings. The Morgan fingerprint density at radius 3 is 2.28 bits per heavy atom. The highest BCUT2D eigenvalue weighted by molar-refractivity contribution is 6.28. The van der Waals surface area contributed by atoms with E-state index in [0.717, 1.165) is 0 Å². The third kappa shape index (κ3) is 2.96. The highest BCUT2D eigenvalue weighted by Gasteiger charge is 2.60. The van der Waals surface area contributed by atoms with Gasteiger partial charge in [-0.1, -0.05) is 19.1 Å². The zero-order valence-corrected chi connectivity index (χ0v) is 18.5. The van der Waals surface area contributed by atoms with Crippen molar-refractivity contribution in [2.45, 2.75) is 25.0 Å². The maximum Gasteiger partial charge on any atom is 0.255 e. The highest BCUT2D eigenvalue weighted by atomic mass is 35.5. The molecule has 0 saturated heterocycles. The first-order valence-corrected chi connectivity index (χ1v) is 9.91. The molecule has 3 aliphatic rings. The van der Waals surface area contributed by atoms with Crippen molar-refractivity contribution in [2.75, 3.05) is 14.1 Å². The van der Waals surface area contributed by atoms with Crippen molar-refractivity contribution in [1.82, 2.24) is 4.90 Å². The smallest absolute Gasteiger partial charge is 0.255 e. The van der Waals surface area contributed by atoms with Gasteiger partial charge in [-0.2, -0.15) is 0 Å². The molecule has 0 heterocycles. The van der Waals surface area contributed by atoms with Gasteiger partial charge in [-0.05, 0) is 31.6 Å². The summed E-state index contributed by atoms with van der Waals surface area (Å²) >= 11 is 0. The highest BCUT2D eigenvalue weighted by Crippen LogP contribution is 2.54. The lowest BCUT2D eigenvalue weighted by Crippen LogP contribution is -2.61. The summed E-state index contributed by atoms with van der Waals surface area (Å²) in [4.78, 5) is 40.1. The Labute approximate surface area is 190 Å². The summed E-state index contributed by atoms with van der Waals surface area (Å²) in [5.41, 5.74) is 5.11. The minimum Gasteiger partial charge on any atom is -0.510 e. The summed E-state index contributed by atoms with van der Waals surface area (Å²) < 4.78 is 0. The van der Waals surface area contributed by atoms with E-state index >= 15 is 0 Å². The minimum absolute atomic E-state index is 0. The molecule has 4 rings (SSSR count). The third-order valence-electron chi connectivity index (χ3n) is 6.86. The van der Waals surface area contributed by atoms with Gasteiger partial charge in [-0.25, -0.2) is 0 Å². The number of ketones is 2. The number of aliphatic hydroxyl groups excluding tert-OH is 3. The zero-order chi connectivity index (χ0) is 22.9. The van der Waals surface area contributed by atoms with Crippen molar-refractivity contribution < 1.29 is 34.8 Å². The molecule has 3 aliphatic carbocycles. The lowest BCUT2D eigenvalue weighted by Gasteiger charge is -2.50. The quantitative estimate of drug-likeness (QED) is 0.317. The number of halogens is 1.